The van der Waals surface area contributed by atoms with E-state index in [2.05, 4.69) is 20.4 Å². The van der Waals surface area contributed by atoms with E-state index in [4.69, 9.17) is 4.74 Å². The first-order valence-corrected chi connectivity index (χ1v) is 8.94. The summed E-state index contributed by atoms with van der Waals surface area (Å²) in [7, 11) is 0. The second-order valence-corrected chi connectivity index (χ2v) is 7.45. The fraction of sp³-hybridized carbons (Fsp3) is 0.421. The molecule has 0 radical (unpaired) electrons. The highest BCUT2D eigenvalue weighted by Crippen LogP contribution is 2.23. The predicted octanol–water partition coefficient (Wildman–Crippen LogP) is 3.31. The Morgan fingerprint density at radius 3 is 2.66 bits per heavy atom. The van der Waals surface area contributed by atoms with Gasteiger partial charge in [-0.15, -0.1) is 0 Å². The van der Waals surface area contributed by atoms with Crippen LogP contribution >= 0.6 is 0 Å². The highest BCUT2D eigenvalue weighted by atomic mass is 19.4. The zero-order valence-electron chi connectivity index (χ0n) is 16.3. The molecule has 156 valence electrons. The molecule has 0 aliphatic rings. The molecule has 0 aliphatic heterocycles. The molecule has 0 saturated heterocycles. The van der Waals surface area contributed by atoms with Gasteiger partial charge >= 0.3 is 6.18 Å². The maximum absolute atomic E-state index is 12.3. The molecule has 0 bridgehead atoms. The number of anilines is 1. The molecular formula is C19H22F3N5O2. The van der Waals surface area contributed by atoms with Crippen LogP contribution in [0.5, 0.6) is 5.88 Å². The van der Waals surface area contributed by atoms with Crippen molar-refractivity contribution in [2.75, 3.05) is 18.5 Å². The van der Waals surface area contributed by atoms with Crippen LogP contribution < -0.4 is 10.1 Å². The molecule has 10 heteroatoms. The number of aliphatic hydroxyl groups is 1. The Labute approximate surface area is 165 Å². The molecule has 0 atom stereocenters. The van der Waals surface area contributed by atoms with E-state index < -0.39 is 18.4 Å². The van der Waals surface area contributed by atoms with Crippen molar-refractivity contribution < 1.29 is 23.0 Å². The van der Waals surface area contributed by atoms with Crippen LogP contribution in [0.25, 0.3) is 10.9 Å². The number of ether oxygens (including phenoxy) is 1. The largest absolute Gasteiger partial charge is 0.468 e. The Morgan fingerprint density at radius 1 is 1.24 bits per heavy atom. The van der Waals surface area contributed by atoms with Crippen LogP contribution in [-0.4, -0.2) is 49.8 Å². The maximum Gasteiger partial charge on any atom is 0.422 e. The average Bonchev–Trinajstić information content (AvgIpc) is 3.00. The third-order valence-corrected chi connectivity index (χ3v) is 3.97. The smallest absolute Gasteiger partial charge is 0.422 e. The van der Waals surface area contributed by atoms with Crippen molar-refractivity contribution in [3.8, 4) is 5.88 Å². The van der Waals surface area contributed by atoms with Crippen LogP contribution in [0.3, 0.4) is 0 Å². The molecule has 0 fully saturated rings. The van der Waals surface area contributed by atoms with Gasteiger partial charge in [-0.1, -0.05) is 0 Å². The number of aromatic nitrogens is 4. The molecule has 29 heavy (non-hydrogen) atoms. The van der Waals surface area contributed by atoms with Gasteiger partial charge in [0.25, 0.3) is 0 Å². The van der Waals surface area contributed by atoms with E-state index in [1.165, 1.54) is 6.20 Å². The molecule has 0 amide bonds. The number of nitrogens with one attached hydrogen (secondary N) is 1. The minimum absolute atomic E-state index is 0.0426. The van der Waals surface area contributed by atoms with Crippen LogP contribution in [0.1, 0.15) is 25.0 Å². The van der Waals surface area contributed by atoms with Gasteiger partial charge in [0.15, 0.2) is 6.61 Å². The summed E-state index contributed by atoms with van der Waals surface area (Å²) in [5.41, 5.74) is 1.12. The van der Waals surface area contributed by atoms with E-state index in [0.29, 0.717) is 24.5 Å². The van der Waals surface area contributed by atoms with Gasteiger partial charge in [-0.2, -0.15) is 18.3 Å². The van der Waals surface area contributed by atoms with Gasteiger partial charge in [0.05, 0.1) is 23.0 Å². The third-order valence-electron chi connectivity index (χ3n) is 3.97. The highest BCUT2D eigenvalue weighted by molar-refractivity contribution is 5.88. The van der Waals surface area contributed by atoms with Gasteiger partial charge in [0, 0.05) is 30.7 Å². The zero-order valence-corrected chi connectivity index (χ0v) is 16.3. The summed E-state index contributed by atoms with van der Waals surface area (Å²) in [5.74, 6) is 0.570. The van der Waals surface area contributed by atoms with E-state index in [-0.39, 0.29) is 5.88 Å². The highest BCUT2D eigenvalue weighted by Gasteiger charge is 2.29. The van der Waals surface area contributed by atoms with Crippen molar-refractivity contribution in [3.05, 3.63) is 41.9 Å². The topological polar surface area (TPSA) is 85.1 Å². The summed E-state index contributed by atoms with van der Waals surface area (Å²) in [4.78, 5) is 8.29. The van der Waals surface area contributed by atoms with E-state index in [1.807, 2.05) is 6.20 Å². The van der Waals surface area contributed by atoms with Gasteiger partial charge < -0.3 is 15.2 Å². The van der Waals surface area contributed by atoms with Crippen molar-refractivity contribution in [2.24, 2.45) is 0 Å². The van der Waals surface area contributed by atoms with Crippen molar-refractivity contribution >= 4 is 16.7 Å². The summed E-state index contributed by atoms with van der Waals surface area (Å²) in [6.07, 6.45) is 0.507. The number of halogens is 3. The van der Waals surface area contributed by atoms with E-state index in [9.17, 15) is 18.3 Å². The summed E-state index contributed by atoms with van der Waals surface area (Å²) in [6, 6.07) is 3.50. The zero-order chi connectivity index (χ0) is 21.2. The SMILES string of the molecule is Cc1cc(Cn2cc3c(NCC(C)(C)O)nccc3n2)cnc1OCC(F)(F)F. The molecule has 0 saturated carbocycles. The lowest BCUT2D eigenvalue weighted by Crippen LogP contribution is -2.29. The van der Waals surface area contributed by atoms with Crippen molar-refractivity contribution in [3.63, 3.8) is 0 Å². The molecule has 3 rings (SSSR count). The first-order valence-electron chi connectivity index (χ1n) is 8.94. The minimum Gasteiger partial charge on any atom is -0.468 e. The Balaban J connectivity index is 1.75. The fourth-order valence-electron chi connectivity index (χ4n) is 2.71. The van der Waals surface area contributed by atoms with Crippen LogP contribution in [0.15, 0.2) is 30.7 Å². The Hall–Kier alpha value is -2.88. The summed E-state index contributed by atoms with van der Waals surface area (Å²) >= 11 is 0. The van der Waals surface area contributed by atoms with Crippen molar-refractivity contribution in [1.29, 1.82) is 0 Å². The Bertz CT molecular complexity index is 996. The number of rotatable bonds is 7. The number of pyridine rings is 2. The van der Waals surface area contributed by atoms with Gasteiger partial charge in [-0.05, 0) is 38.5 Å². The molecule has 3 aromatic heterocycles. The van der Waals surface area contributed by atoms with Crippen molar-refractivity contribution in [1.82, 2.24) is 19.7 Å². The third kappa shape index (κ3) is 5.80. The number of fused-ring (bicyclic) bond motifs is 1. The number of aryl methyl sites for hydroxylation is 1. The molecule has 7 nitrogen and oxygen atoms in total. The standard InChI is InChI=1S/C19H22F3N5O2/c1-12-6-13(7-24-17(12)29-11-19(20,21)22)8-27-9-14-15(26-27)4-5-23-16(14)25-10-18(2,3)28/h4-7,9,28H,8,10-11H2,1-3H3,(H,23,25). The fourth-order valence-corrected chi connectivity index (χ4v) is 2.71. The monoisotopic (exact) mass is 409 g/mol. The van der Waals surface area contributed by atoms with Crippen LogP contribution in [0, 0.1) is 6.92 Å². The number of hydrogen-bond acceptors (Lipinski definition) is 6. The lowest BCUT2D eigenvalue weighted by molar-refractivity contribution is -0.154. The second kappa shape index (κ2) is 7.86. The normalized spacial score (nSPS) is 12.4. The second-order valence-electron chi connectivity index (χ2n) is 7.45. The number of hydrogen-bond donors (Lipinski definition) is 2. The Morgan fingerprint density at radius 2 is 2.00 bits per heavy atom. The van der Waals surface area contributed by atoms with Gasteiger partial charge in [0.1, 0.15) is 5.82 Å². The molecule has 0 aliphatic carbocycles. The van der Waals surface area contributed by atoms with E-state index in [0.717, 1.165) is 16.5 Å². The van der Waals surface area contributed by atoms with Crippen molar-refractivity contribution in [2.45, 2.75) is 39.1 Å². The molecule has 0 aromatic carbocycles. The first kappa shape index (κ1) is 20.8. The molecule has 3 aromatic rings. The number of alkyl halides is 3. The van der Waals surface area contributed by atoms with Crippen LogP contribution in [0.4, 0.5) is 19.0 Å². The summed E-state index contributed by atoms with van der Waals surface area (Å²) in [5, 5.41) is 18.3. The predicted molar refractivity (Wildman–Crippen MR) is 102 cm³/mol. The lowest BCUT2D eigenvalue weighted by atomic mass is 10.1. The average molecular weight is 409 g/mol. The lowest BCUT2D eigenvalue weighted by Gasteiger charge is -2.18. The van der Waals surface area contributed by atoms with E-state index >= 15 is 0 Å². The van der Waals surface area contributed by atoms with Crippen LogP contribution in [0.2, 0.25) is 0 Å². The van der Waals surface area contributed by atoms with Gasteiger partial charge in [0.2, 0.25) is 5.88 Å². The molecular weight excluding hydrogens is 387 g/mol. The van der Waals surface area contributed by atoms with E-state index in [1.54, 1.807) is 43.8 Å². The minimum atomic E-state index is -4.41. The molecule has 0 unspecified atom stereocenters. The quantitative estimate of drug-likeness (QED) is 0.623. The maximum atomic E-state index is 12.3. The summed E-state index contributed by atoms with van der Waals surface area (Å²) in [6.45, 7) is 4.37. The first-order chi connectivity index (χ1) is 13.5. The van der Waals surface area contributed by atoms with Gasteiger partial charge in [-0.25, -0.2) is 9.97 Å². The summed E-state index contributed by atoms with van der Waals surface area (Å²) < 4.78 is 43.3. The molecule has 2 N–H and O–H groups in total. The molecule has 0 spiro atoms. The van der Waals surface area contributed by atoms with Crippen LogP contribution in [-0.2, 0) is 6.54 Å². The molecule has 3 heterocycles. The number of nitrogens with zero attached hydrogens (tertiary/aromatic N) is 4. The Kier molecular flexibility index (Phi) is 5.65. The van der Waals surface area contributed by atoms with Gasteiger partial charge in [-0.3, -0.25) is 4.68 Å².